The van der Waals surface area contributed by atoms with Crippen molar-refractivity contribution in [1.29, 1.82) is 0 Å². The molecule has 0 aromatic heterocycles. The lowest BCUT2D eigenvalue weighted by molar-refractivity contribution is -0.140. The fraction of sp³-hybridized carbons (Fsp3) is 0.579. The Labute approximate surface area is 169 Å². The molecule has 25 heavy (non-hydrogen) atoms. The highest BCUT2D eigenvalue weighted by atomic mass is 127. The van der Waals surface area contributed by atoms with Crippen molar-refractivity contribution in [3.8, 4) is 0 Å². The number of aliphatic imine (C=N–C) groups is 1. The quantitative estimate of drug-likeness (QED) is 0.174. The third-order valence-electron chi connectivity index (χ3n) is 3.68. The van der Waals surface area contributed by atoms with Gasteiger partial charge in [-0.3, -0.25) is 9.79 Å². The number of hydrogen-bond donors (Lipinski definition) is 2. The number of halogens is 1. The molecule has 6 heteroatoms. The molecule has 0 heterocycles. The van der Waals surface area contributed by atoms with E-state index in [-0.39, 0.29) is 29.9 Å². The summed E-state index contributed by atoms with van der Waals surface area (Å²) in [5.41, 5.74) is 1.33. The molecule has 0 spiro atoms. The van der Waals surface area contributed by atoms with E-state index < -0.39 is 0 Å². The number of hydrogen-bond acceptors (Lipinski definition) is 3. The van der Waals surface area contributed by atoms with E-state index in [4.69, 9.17) is 0 Å². The lowest BCUT2D eigenvalue weighted by atomic mass is 10.1. The molecule has 0 saturated heterocycles. The number of carbonyl (C=O) groups is 1. The Morgan fingerprint density at radius 2 is 1.80 bits per heavy atom. The predicted molar refractivity (Wildman–Crippen MR) is 115 cm³/mol. The second-order valence-electron chi connectivity index (χ2n) is 5.66. The molecule has 0 radical (unpaired) electrons. The average molecular weight is 461 g/mol. The summed E-state index contributed by atoms with van der Waals surface area (Å²) in [6, 6.07) is 10.4. The first-order valence-electron chi connectivity index (χ1n) is 8.89. The fourth-order valence-electron chi connectivity index (χ4n) is 2.34. The van der Waals surface area contributed by atoms with Gasteiger partial charge in [0.25, 0.3) is 0 Å². The van der Waals surface area contributed by atoms with Crippen LogP contribution in [0.15, 0.2) is 35.3 Å². The van der Waals surface area contributed by atoms with Crippen LogP contribution in [0.4, 0.5) is 0 Å². The molecule has 142 valence electrons. The predicted octanol–water partition coefficient (Wildman–Crippen LogP) is 3.53. The minimum absolute atomic E-state index is 0. The summed E-state index contributed by atoms with van der Waals surface area (Å²) >= 11 is 0. The van der Waals surface area contributed by atoms with E-state index in [1.807, 2.05) is 6.07 Å². The van der Waals surface area contributed by atoms with Crippen molar-refractivity contribution in [2.75, 3.05) is 26.7 Å². The van der Waals surface area contributed by atoms with Gasteiger partial charge in [0, 0.05) is 26.1 Å². The van der Waals surface area contributed by atoms with Crippen molar-refractivity contribution in [2.24, 2.45) is 4.99 Å². The molecule has 0 aliphatic rings. The van der Waals surface area contributed by atoms with Gasteiger partial charge in [-0.15, -0.1) is 24.0 Å². The van der Waals surface area contributed by atoms with E-state index >= 15 is 0 Å². The van der Waals surface area contributed by atoms with E-state index in [2.05, 4.69) is 51.6 Å². The lowest BCUT2D eigenvalue weighted by Gasteiger charge is -2.11. The van der Waals surface area contributed by atoms with Crippen LogP contribution >= 0.6 is 24.0 Å². The maximum atomic E-state index is 11.0. The number of methoxy groups -OCH3 is 1. The van der Waals surface area contributed by atoms with Crippen LogP contribution in [0.1, 0.15) is 44.6 Å². The summed E-state index contributed by atoms with van der Waals surface area (Å²) in [7, 11) is 1.43. The molecular weight excluding hydrogens is 429 g/mol. The Hall–Kier alpha value is -1.31. The number of unbranched alkanes of at least 4 members (excludes halogenated alkanes) is 3. The van der Waals surface area contributed by atoms with E-state index in [1.54, 1.807) is 0 Å². The van der Waals surface area contributed by atoms with Gasteiger partial charge in [-0.2, -0.15) is 0 Å². The monoisotopic (exact) mass is 461 g/mol. The number of nitrogens with zero attached hydrogens (tertiary/aromatic N) is 1. The summed E-state index contributed by atoms with van der Waals surface area (Å²) in [5, 5.41) is 6.64. The number of nitrogens with one attached hydrogen (secondary N) is 2. The molecule has 0 atom stereocenters. The highest BCUT2D eigenvalue weighted by Crippen LogP contribution is 2.04. The van der Waals surface area contributed by atoms with Crippen LogP contribution in [0.5, 0.6) is 0 Å². The molecule has 0 fully saturated rings. The van der Waals surface area contributed by atoms with Gasteiger partial charge in [-0.1, -0.05) is 43.2 Å². The standard InChI is InChI=1S/C19H31N3O2.HI/c1-3-20-19(22-16-14-17-11-7-6-8-12-17)21-15-10-5-4-9-13-18(23)24-2;/h6-8,11-12H,3-5,9-10,13-16H2,1-2H3,(H2,20,21,22);1H. The smallest absolute Gasteiger partial charge is 0.305 e. The maximum absolute atomic E-state index is 11.0. The molecule has 0 unspecified atom stereocenters. The number of rotatable bonds is 11. The van der Waals surface area contributed by atoms with Crippen molar-refractivity contribution in [3.05, 3.63) is 35.9 Å². The summed E-state index contributed by atoms with van der Waals surface area (Å²) < 4.78 is 4.63. The van der Waals surface area contributed by atoms with Gasteiger partial charge >= 0.3 is 5.97 Å². The van der Waals surface area contributed by atoms with Gasteiger partial charge in [0.05, 0.1) is 7.11 Å². The summed E-state index contributed by atoms with van der Waals surface area (Å²) in [6.45, 7) is 4.60. The van der Waals surface area contributed by atoms with E-state index in [1.165, 1.54) is 12.7 Å². The molecule has 0 aliphatic heterocycles. The second kappa shape index (κ2) is 16.2. The summed E-state index contributed by atoms with van der Waals surface area (Å²) in [4.78, 5) is 15.6. The number of ether oxygens (including phenoxy) is 1. The topological polar surface area (TPSA) is 62.7 Å². The van der Waals surface area contributed by atoms with Crippen LogP contribution in [0.2, 0.25) is 0 Å². The Bertz CT molecular complexity index is 481. The second-order valence-corrected chi connectivity index (χ2v) is 5.66. The maximum Gasteiger partial charge on any atom is 0.305 e. The molecule has 1 rings (SSSR count). The first kappa shape index (κ1) is 23.7. The molecule has 2 N–H and O–H groups in total. The van der Waals surface area contributed by atoms with Gasteiger partial charge in [-0.25, -0.2) is 0 Å². The van der Waals surface area contributed by atoms with Crippen LogP contribution in [0.25, 0.3) is 0 Å². The largest absolute Gasteiger partial charge is 0.469 e. The van der Waals surface area contributed by atoms with E-state index in [0.717, 1.165) is 57.7 Å². The Morgan fingerprint density at radius 1 is 1.08 bits per heavy atom. The van der Waals surface area contributed by atoms with Crippen LogP contribution in [0, 0.1) is 0 Å². The average Bonchev–Trinajstić information content (AvgIpc) is 2.61. The fourth-order valence-corrected chi connectivity index (χ4v) is 2.34. The highest BCUT2D eigenvalue weighted by Gasteiger charge is 2.00. The molecule has 0 bridgehead atoms. The SMILES string of the molecule is CCNC(=NCCCCCCC(=O)OC)NCCc1ccccc1.I. The third-order valence-corrected chi connectivity index (χ3v) is 3.68. The van der Waals surface area contributed by atoms with Gasteiger partial charge in [-0.05, 0) is 31.7 Å². The lowest BCUT2D eigenvalue weighted by Crippen LogP contribution is -2.38. The molecule has 0 amide bonds. The first-order chi connectivity index (χ1) is 11.8. The van der Waals surface area contributed by atoms with Crippen molar-refractivity contribution >= 4 is 35.9 Å². The molecule has 1 aromatic carbocycles. The van der Waals surface area contributed by atoms with Gasteiger partial charge in [0.2, 0.25) is 0 Å². The minimum atomic E-state index is -0.120. The van der Waals surface area contributed by atoms with Crippen LogP contribution in [-0.4, -0.2) is 38.7 Å². The summed E-state index contributed by atoms with van der Waals surface area (Å²) in [6.07, 6.45) is 5.57. The Balaban J connectivity index is 0.00000576. The number of benzene rings is 1. The molecule has 1 aromatic rings. The van der Waals surface area contributed by atoms with Crippen molar-refractivity contribution < 1.29 is 9.53 Å². The van der Waals surface area contributed by atoms with Crippen LogP contribution < -0.4 is 10.6 Å². The van der Waals surface area contributed by atoms with E-state index in [0.29, 0.717) is 6.42 Å². The van der Waals surface area contributed by atoms with Gasteiger partial charge in [0.15, 0.2) is 5.96 Å². The number of guanidine groups is 1. The molecule has 0 saturated carbocycles. The zero-order valence-corrected chi connectivity index (χ0v) is 17.8. The Kier molecular flexibility index (Phi) is 15.3. The highest BCUT2D eigenvalue weighted by molar-refractivity contribution is 14.0. The zero-order chi connectivity index (χ0) is 17.5. The number of esters is 1. The normalized spacial score (nSPS) is 10.7. The summed E-state index contributed by atoms with van der Waals surface area (Å²) in [5.74, 6) is 0.757. The van der Waals surface area contributed by atoms with Crippen molar-refractivity contribution in [1.82, 2.24) is 10.6 Å². The zero-order valence-electron chi connectivity index (χ0n) is 15.4. The third kappa shape index (κ3) is 12.7. The first-order valence-corrected chi connectivity index (χ1v) is 8.89. The van der Waals surface area contributed by atoms with Crippen LogP contribution in [-0.2, 0) is 16.0 Å². The Morgan fingerprint density at radius 3 is 2.48 bits per heavy atom. The number of carbonyl (C=O) groups excluding carboxylic acids is 1. The van der Waals surface area contributed by atoms with Crippen molar-refractivity contribution in [3.63, 3.8) is 0 Å². The van der Waals surface area contributed by atoms with Gasteiger partial charge < -0.3 is 15.4 Å². The molecule has 5 nitrogen and oxygen atoms in total. The van der Waals surface area contributed by atoms with E-state index in [9.17, 15) is 4.79 Å². The van der Waals surface area contributed by atoms with Crippen molar-refractivity contribution in [2.45, 2.75) is 45.4 Å². The molecular formula is C19H32IN3O2. The van der Waals surface area contributed by atoms with Crippen LogP contribution in [0.3, 0.4) is 0 Å². The van der Waals surface area contributed by atoms with Gasteiger partial charge in [0.1, 0.15) is 0 Å². The minimum Gasteiger partial charge on any atom is -0.469 e. The molecule has 0 aliphatic carbocycles.